The van der Waals surface area contributed by atoms with Crippen molar-refractivity contribution in [3.8, 4) is 23.3 Å². The summed E-state index contributed by atoms with van der Waals surface area (Å²) in [4.78, 5) is 12.5. The van der Waals surface area contributed by atoms with Crippen molar-refractivity contribution in [1.82, 2.24) is 5.32 Å². The minimum Gasteiger partial charge on any atom is -0.497 e. The van der Waals surface area contributed by atoms with Crippen molar-refractivity contribution in [2.75, 3.05) is 14.2 Å². The van der Waals surface area contributed by atoms with Crippen LogP contribution in [0.4, 0.5) is 0 Å². The Morgan fingerprint density at radius 1 is 0.971 bits per heavy atom. The molecule has 0 saturated heterocycles. The van der Waals surface area contributed by atoms with Crippen LogP contribution >= 0.6 is 23.2 Å². The lowest BCUT2D eigenvalue weighted by molar-refractivity contribution is -0.117. The summed E-state index contributed by atoms with van der Waals surface area (Å²) in [5, 5.41) is 13.2. The molecule has 0 radical (unpaired) electrons. The number of ether oxygens (including phenoxy) is 3. The molecule has 0 heterocycles. The maximum atomic E-state index is 12.5. The molecule has 6 nitrogen and oxygen atoms in total. The van der Waals surface area contributed by atoms with Crippen LogP contribution in [0, 0.1) is 11.3 Å². The summed E-state index contributed by atoms with van der Waals surface area (Å²) in [7, 11) is 3.10. The van der Waals surface area contributed by atoms with E-state index >= 15 is 0 Å². The Morgan fingerprint density at radius 3 is 2.35 bits per heavy atom. The molecule has 0 aromatic heterocycles. The van der Waals surface area contributed by atoms with Crippen molar-refractivity contribution in [3.05, 3.63) is 93.0 Å². The second kappa shape index (κ2) is 12.0. The van der Waals surface area contributed by atoms with E-state index in [1.165, 1.54) is 6.08 Å². The average molecular weight is 497 g/mol. The molecule has 0 saturated carbocycles. The monoisotopic (exact) mass is 496 g/mol. The lowest BCUT2D eigenvalue weighted by atomic mass is 10.1. The van der Waals surface area contributed by atoms with Crippen molar-refractivity contribution < 1.29 is 19.0 Å². The fourth-order valence-electron chi connectivity index (χ4n) is 3.04. The number of rotatable bonds is 9. The Kier molecular flexibility index (Phi) is 8.80. The Hall–Kier alpha value is -3.66. The number of nitrogens with one attached hydrogen (secondary N) is 1. The molecular weight excluding hydrogens is 475 g/mol. The van der Waals surface area contributed by atoms with Gasteiger partial charge in [-0.15, -0.1) is 0 Å². The molecule has 0 spiro atoms. The van der Waals surface area contributed by atoms with Gasteiger partial charge in [-0.1, -0.05) is 41.4 Å². The van der Waals surface area contributed by atoms with E-state index in [0.717, 1.165) is 11.1 Å². The smallest absolute Gasteiger partial charge is 0.262 e. The second-order valence-corrected chi connectivity index (χ2v) is 7.95. The third kappa shape index (κ3) is 6.67. The highest BCUT2D eigenvalue weighted by Crippen LogP contribution is 2.25. The molecule has 8 heteroatoms. The quantitative estimate of drug-likeness (QED) is 0.298. The van der Waals surface area contributed by atoms with Crippen molar-refractivity contribution in [3.63, 3.8) is 0 Å². The number of carbonyl (C=O) groups is 1. The Labute approximate surface area is 208 Å². The third-order valence-corrected chi connectivity index (χ3v) is 5.62. The summed E-state index contributed by atoms with van der Waals surface area (Å²) in [6.07, 6.45) is 1.52. The van der Waals surface area contributed by atoms with Gasteiger partial charge in [-0.05, 0) is 53.6 Å². The zero-order chi connectivity index (χ0) is 24.5. The van der Waals surface area contributed by atoms with Crippen LogP contribution in [0.15, 0.2) is 66.2 Å². The van der Waals surface area contributed by atoms with Gasteiger partial charge in [0.25, 0.3) is 5.91 Å². The fourth-order valence-corrected chi connectivity index (χ4v) is 3.36. The van der Waals surface area contributed by atoms with Gasteiger partial charge < -0.3 is 19.5 Å². The predicted molar refractivity (Wildman–Crippen MR) is 132 cm³/mol. The molecule has 0 atom stereocenters. The van der Waals surface area contributed by atoms with E-state index in [9.17, 15) is 10.1 Å². The normalized spacial score (nSPS) is 10.9. The van der Waals surface area contributed by atoms with Crippen LogP contribution in [0.1, 0.15) is 16.7 Å². The summed E-state index contributed by atoms with van der Waals surface area (Å²) >= 11 is 12.0. The molecule has 1 amide bonds. The van der Waals surface area contributed by atoms with Gasteiger partial charge in [-0.25, -0.2) is 0 Å². The first-order chi connectivity index (χ1) is 16.4. The summed E-state index contributed by atoms with van der Waals surface area (Å²) in [5.41, 5.74) is 2.32. The van der Waals surface area contributed by atoms with Gasteiger partial charge >= 0.3 is 0 Å². The molecule has 1 N–H and O–H groups in total. The number of halogens is 2. The zero-order valence-electron chi connectivity index (χ0n) is 18.6. The summed E-state index contributed by atoms with van der Waals surface area (Å²) in [5.74, 6) is 1.38. The first-order valence-electron chi connectivity index (χ1n) is 10.2. The zero-order valence-corrected chi connectivity index (χ0v) is 20.1. The highest BCUT2D eigenvalue weighted by Gasteiger charge is 2.11. The van der Waals surface area contributed by atoms with Crippen molar-refractivity contribution in [2.45, 2.75) is 13.2 Å². The van der Waals surface area contributed by atoms with Gasteiger partial charge in [0, 0.05) is 18.2 Å². The van der Waals surface area contributed by atoms with Gasteiger partial charge in [0.1, 0.15) is 35.5 Å². The lowest BCUT2D eigenvalue weighted by Crippen LogP contribution is -2.24. The molecule has 3 aromatic carbocycles. The molecule has 0 aliphatic carbocycles. The number of carbonyl (C=O) groups excluding carboxylic acids is 1. The SMILES string of the molecule is COc1ccc(CNC(=O)/C(C#N)=C/c2ccc(OCc3ccc(Cl)c(Cl)c3)cc2)c(OC)c1. The molecule has 0 aliphatic rings. The highest BCUT2D eigenvalue weighted by molar-refractivity contribution is 6.42. The first kappa shape index (κ1) is 25.0. The standard InChI is InChI=1S/C26H22Cl2N2O4/c1-32-22-9-6-19(25(13-22)33-2)15-30-26(31)20(14-29)11-17-3-7-21(8-4-17)34-16-18-5-10-23(27)24(28)12-18/h3-13H,15-16H2,1-2H3,(H,30,31)/b20-11+. The minimum atomic E-state index is -0.486. The van der Waals surface area contributed by atoms with Crippen LogP contribution in [0.3, 0.4) is 0 Å². The van der Waals surface area contributed by atoms with Crippen LogP contribution in [-0.4, -0.2) is 20.1 Å². The van der Waals surface area contributed by atoms with E-state index in [0.29, 0.717) is 39.5 Å². The molecule has 0 aliphatic heterocycles. The number of hydrogen-bond donors (Lipinski definition) is 1. The minimum absolute atomic E-state index is 0.0167. The van der Waals surface area contributed by atoms with E-state index in [4.69, 9.17) is 37.4 Å². The fraction of sp³-hybridized carbons (Fsp3) is 0.154. The molecule has 0 bridgehead atoms. The van der Waals surface area contributed by atoms with Gasteiger partial charge in [0.15, 0.2) is 0 Å². The number of nitrogens with zero attached hydrogens (tertiary/aromatic N) is 1. The lowest BCUT2D eigenvalue weighted by Gasteiger charge is -2.11. The molecule has 174 valence electrons. The number of methoxy groups -OCH3 is 2. The van der Waals surface area contributed by atoms with Crippen molar-refractivity contribution in [2.24, 2.45) is 0 Å². The van der Waals surface area contributed by atoms with E-state index < -0.39 is 5.91 Å². The number of benzene rings is 3. The summed E-state index contributed by atoms with van der Waals surface area (Å²) < 4.78 is 16.3. The highest BCUT2D eigenvalue weighted by atomic mass is 35.5. The average Bonchev–Trinajstić information content (AvgIpc) is 2.87. The third-order valence-electron chi connectivity index (χ3n) is 4.88. The number of hydrogen-bond acceptors (Lipinski definition) is 5. The van der Waals surface area contributed by atoms with Crippen LogP contribution in [-0.2, 0) is 17.9 Å². The number of amides is 1. The predicted octanol–water partition coefficient (Wildman–Crippen LogP) is 5.81. The van der Waals surface area contributed by atoms with E-state index in [2.05, 4.69) is 5.32 Å². The van der Waals surface area contributed by atoms with Crippen molar-refractivity contribution >= 4 is 35.2 Å². The van der Waals surface area contributed by atoms with Gasteiger partial charge in [0.2, 0.25) is 0 Å². The summed E-state index contributed by atoms with van der Waals surface area (Å²) in [6, 6.07) is 19.6. The summed E-state index contributed by atoms with van der Waals surface area (Å²) in [6.45, 7) is 0.527. The molecule has 3 rings (SSSR count). The topological polar surface area (TPSA) is 80.6 Å². The van der Waals surface area contributed by atoms with E-state index in [1.54, 1.807) is 68.8 Å². The Balaban J connectivity index is 1.61. The molecule has 0 unspecified atom stereocenters. The van der Waals surface area contributed by atoms with E-state index in [1.807, 2.05) is 12.1 Å². The molecule has 3 aromatic rings. The Bertz CT molecular complexity index is 1230. The Morgan fingerprint density at radius 2 is 1.71 bits per heavy atom. The second-order valence-electron chi connectivity index (χ2n) is 7.14. The largest absolute Gasteiger partial charge is 0.497 e. The van der Waals surface area contributed by atoms with Gasteiger partial charge in [-0.2, -0.15) is 5.26 Å². The van der Waals surface area contributed by atoms with Crippen LogP contribution in [0.25, 0.3) is 6.08 Å². The molecule has 0 fully saturated rings. The van der Waals surface area contributed by atoms with Crippen LogP contribution in [0.5, 0.6) is 17.2 Å². The van der Waals surface area contributed by atoms with Crippen LogP contribution < -0.4 is 19.5 Å². The molecular formula is C26H22Cl2N2O4. The first-order valence-corrected chi connectivity index (χ1v) is 11.0. The van der Waals surface area contributed by atoms with Gasteiger partial charge in [0.05, 0.1) is 24.3 Å². The molecule has 34 heavy (non-hydrogen) atoms. The van der Waals surface area contributed by atoms with E-state index in [-0.39, 0.29) is 12.1 Å². The maximum Gasteiger partial charge on any atom is 0.262 e. The number of nitriles is 1. The van der Waals surface area contributed by atoms with Gasteiger partial charge in [-0.3, -0.25) is 4.79 Å². The van der Waals surface area contributed by atoms with Crippen molar-refractivity contribution in [1.29, 1.82) is 5.26 Å². The maximum absolute atomic E-state index is 12.5. The van der Waals surface area contributed by atoms with Crippen LogP contribution in [0.2, 0.25) is 10.0 Å².